The van der Waals surface area contributed by atoms with Gasteiger partial charge in [0.05, 0.1) is 13.2 Å². The molecule has 0 aliphatic carbocycles. The number of nitrogens with one attached hydrogen (secondary N) is 1. The fraction of sp³-hybridized carbons (Fsp3) is 0.400. The molecule has 0 saturated carbocycles. The highest BCUT2D eigenvalue weighted by Gasteiger charge is 2.38. The number of amides is 2. The van der Waals surface area contributed by atoms with Crippen molar-refractivity contribution >= 4 is 50.0 Å². The number of benzene rings is 2. The number of allylic oxidation sites excluding steroid dienone is 1. The van der Waals surface area contributed by atoms with Gasteiger partial charge in [-0.05, 0) is 58.9 Å². The Morgan fingerprint density at radius 1 is 1.19 bits per heavy atom. The van der Waals surface area contributed by atoms with E-state index in [9.17, 15) is 9.59 Å². The van der Waals surface area contributed by atoms with Crippen LogP contribution in [0.4, 0.5) is 4.79 Å². The third-order valence-electron chi connectivity index (χ3n) is 6.24. The second-order valence-corrected chi connectivity index (χ2v) is 9.62. The van der Waals surface area contributed by atoms with Gasteiger partial charge in [-0.25, -0.2) is 4.79 Å². The van der Waals surface area contributed by atoms with Gasteiger partial charge in [0.25, 0.3) is 0 Å². The Bertz CT molecular complexity index is 1110. The van der Waals surface area contributed by atoms with Crippen molar-refractivity contribution in [1.82, 2.24) is 10.2 Å². The number of carbonyl (C=O) groups is 2. The van der Waals surface area contributed by atoms with Gasteiger partial charge in [0.15, 0.2) is 0 Å². The largest absolute Gasteiger partial charge is 0.453 e. The van der Waals surface area contributed by atoms with Crippen molar-refractivity contribution in [1.29, 1.82) is 0 Å². The molecule has 2 aliphatic rings. The summed E-state index contributed by atoms with van der Waals surface area (Å²) >= 11 is 3.52. The number of alkyl carbamates (subject to hydrolysis) is 1. The minimum atomic E-state index is -0.614. The molecular weight excluding hydrogens is 470 g/mol. The highest BCUT2D eigenvalue weighted by Crippen LogP contribution is 2.32. The minimum absolute atomic E-state index is 0.0339. The molecule has 2 aromatic rings. The summed E-state index contributed by atoms with van der Waals surface area (Å²) in [5, 5.41) is 5.08. The summed E-state index contributed by atoms with van der Waals surface area (Å²) in [5.41, 5.74) is 3.33. The fourth-order valence-corrected chi connectivity index (χ4v) is 4.88. The molecule has 0 unspecified atom stereocenters. The van der Waals surface area contributed by atoms with Crippen molar-refractivity contribution in [2.24, 2.45) is 10.9 Å². The highest BCUT2D eigenvalue weighted by atomic mass is 79.9. The van der Waals surface area contributed by atoms with Crippen LogP contribution in [0.3, 0.4) is 0 Å². The van der Waals surface area contributed by atoms with Crippen LogP contribution in [0, 0.1) is 5.92 Å². The Morgan fingerprint density at radius 3 is 2.69 bits per heavy atom. The van der Waals surface area contributed by atoms with E-state index in [1.807, 2.05) is 31.0 Å². The molecule has 0 aromatic heterocycles. The molecule has 2 aliphatic heterocycles. The molecule has 1 fully saturated rings. The van der Waals surface area contributed by atoms with Crippen LogP contribution >= 0.6 is 15.9 Å². The summed E-state index contributed by atoms with van der Waals surface area (Å²) in [6, 6.07) is 12.1. The van der Waals surface area contributed by atoms with Crippen LogP contribution in [-0.4, -0.2) is 48.4 Å². The van der Waals surface area contributed by atoms with E-state index < -0.39 is 12.1 Å². The predicted molar refractivity (Wildman–Crippen MR) is 131 cm³/mol. The predicted octanol–water partition coefficient (Wildman–Crippen LogP) is 5.16. The van der Waals surface area contributed by atoms with Crippen LogP contribution in [0.25, 0.3) is 16.3 Å². The average molecular weight is 498 g/mol. The van der Waals surface area contributed by atoms with Crippen molar-refractivity contribution in [3.8, 4) is 0 Å². The number of carbonyl (C=O) groups excluding carboxylic acids is 2. The van der Waals surface area contributed by atoms with Crippen LogP contribution in [0.15, 0.2) is 52.1 Å². The normalized spacial score (nSPS) is 19.2. The molecule has 2 heterocycles. The average Bonchev–Trinajstić information content (AvgIpc) is 3.45. The number of hydrogen-bond acceptors (Lipinski definition) is 4. The minimum Gasteiger partial charge on any atom is -0.453 e. The smallest absolute Gasteiger partial charge is 0.407 e. The molecule has 2 amide bonds. The van der Waals surface area contributed by atoms with Crippen molar-refractivity contribution in [3.63, 3.8) is 0 Å². The van der Waals surface area contributed by atoms with Crippen molar-refractivity contribution < 1.29 is 14.3 Å². The Morgan fingerprint density at radius 2 is 1.94 bits per heavy atom. The molecular formula is C25H28BrN3O3. The van der Waals surface area contributed by atoms with E-state index in [4.69, 9.17) is 9.73 Å². The summed E-state index contributed by atoms with van der Waals surface area (Å²) in [5.74, 6) is -0.111. The molecule has 2 aromatic carbocycles. The molecule has 1 N–H and O–H groups in total. The second-order valence-electron chi connectivity index (χ2n) is 8.71. The first kappa shape index (κ1) is 22.5. The summed E-state index contributed by atoms with van der Waals surface area (Å²) in [6.07, 6.45) is 3.90. The number of nitrogens with zero attached hydrogens (tertiary/aromatic N) is 2. The van der Waals surface area contributed by atoms with Gasteiger partial charge in [0.1, 0.15) is 6.04 Å². The molecule has 1 saturated heterocycles. The first-order valence-corrected chi connectivity index (χ1v) is 11.8. The monoisotopic (exact) mass is 497 g/mol. The van der Waals surface area contributed by atoms with E-state index in [1.54, 1.807) is 0 Å². The quantitative estimate of drug-likeness (QED) is 0.619. The first-order chi connectivity index (χ1) is 15.4. The van der Waals surface area contributed by atoms with Crippen LogP contribution < -0.4 is 5.32 Å². The number of hydrogen-bond donors (Lipinski definition) is 1. The Balaban J connectivity index is 1.48. The number of methoxy groups -OCH3 is 1. The Hall–Kier alpha value is -2.67. The third-order valence-corrected chi connectivity index (χ3v) is 6.74. The lowest BCUT2D eigenvalue weighted by molar-refractivity contribution is -0.134. The molecule has 7 heteroatoms. The number of halogens is 1. The van der Waals surface area contributed by atoms with E-state index in [0.717, 1.165) is 40.6 Å². The molecule has 0 radical (unpaired) electrons. The molecule has 0 spiro atoms. The maximum absolute atomic E-state index is 13.3. The van der Waals surface area contributed by atoms with E-state index >= 15 is 0 Å². The lowest BCUT2D eigenvalue weighted by Gasteiger charge is -2.31. The zero-order valence-electron chi connectivity index (χ0n) is 18.6. The van der Waals surface area contributed by atoms with Gasteiger partial charge in [0, 0.05) is 29.3 Å². The van der Waals surface area contributed by atoms with E-state index in [-0.39, 0.29) is 17.9 Å². The van der Waals surface area contributed by atoms with Gasteiger partial charge in [-0.1, -0.05) is 48.0 Å². The lowest BCUT2D eigenvalue weighted by Crippen LogP contribution is -2.53. The van der Waals surface area contributed by atoms with Crippen LogP contribution in [0.1, 0.15) is 38.7 Å². The molecule has 2 atom stereocenters. The molecule has 32 heavy (non-hydrogen) atoms. The van der Waals surface area contributed by atoms with Gasteiger partial charge < -0.3 is 15.0 Å². The molecule has 0 bridgehead atoms. The summed E-state index contributed by atoms with van der Waals surface area (Å²) in [6.45, 7) is 4.53. The van der Waals surface area contributed by atoms with Gasteiger partial charge in [-0.2, -0.15) is 0 Å². The maximum atomic E-state index is 13.3. The first-order valence-electron chi connectivity index (χ1n) is 11.0. The van der Waals surface area contributed by atoms with Crippen molar-refractivity contribution in [2.45, 2.75) is 45.2 Å². The van der Waals surface area contributed by atoms with E-state index in [2.05, 4.69) is 51.6 Å². The Kier molecular flexibility index (Phi) is 6.65. The summed E-state index contributed by atoms with van der Waals surface area (Å²) < 4.78 is 5.78. The van der Waals surface area contributed by atoms with E-state index in [1.165, 1.54) is 17.9 Å². The molecule has 6 nitrogen and oxygen atoms in total. The number of ether oxygens (including phenoxy) is 1. The zero-order chi connectivity index (χ0) is 22.8. The van der Waals surface area contributed by atoms with Gasteiger partial charge >= 0.3 is 6.09 Å². The van der Waals surface area contributed by atoms with Crippen molar-refractivity contribution in [3.05, 3.63) is 52.6 Å². The Labute approximate surface area is 196 Å². The fourth-order valence-electron chi connectivity index (χ4n) is 4.50. The van der Waals surface area contributed by atoms with E-state index in [0.29, 0.717) is 6.54 Å². The summed E-state index contributed by atoms with van der Waals surface area (Å²) in [4.78, 5) is 31.7. The number of likely N-dealkylation sites (tertiary alicyclic amines) is 1. The number of rotatable bonds is 5. The van der Waals surface area contributed by atoms with Crippen LogP contribution in [0.2, 0.25) is 0 Å². The van der Waals surface area contributed by atoms with Gasteiger partial charge in [-0.3, -0.25) is 9.79 Å². The SMILES string of the molecule is COC(=O)N[C@H](C(=O)N1CCC[C@H]1C1=NC=C(c2ccc3cc(Br)ccc3c2)C1)C(C)C. The summed E-state index contributed by atoms with van der Waals surface area (Å²) in [7, 11) is 1.31. The van der Waals surface area contributed by atoms with Crippen LogP contribution in [0.5, 0.6) is 0 Å². The maximum Gasteiger partial charge on any atom is 0.407 e. The third kappa shape index (κ3) is 4.58. The molecule has 168 valence electrons. The second kappa shape index (κ2) is 9.45. The topological polar surface area (TPSA) is 71.0 Å². The van der Waals surface area contributed by atoms with Crippen molar-refractivity contribution in [2.75, 3.05) is 13.7 Å². The number of aliphatic imine (C=N–C) groups is 1. The van der Waals surface area contributed by atoms with Gasteiger partial charge in [-0.15, -0.1) is 0 Å². The van der Waals surface area contributed by atoms with Crippen LogP contribution in [-0.2, 0) is 9.53 Å². The number of fused-ring (bicyclic) bond motifs is 1. The lowest BCUT2D eigenvalue weighted by atomic mass is 9.96. The zero-order valence-corrected chi connectivity index (χ0v) is 20.2. The highest BCUT2D eigenvalue weighted by molar-refractivity contribution is 9.10. The standard InChI is InChI=1S/C25H28BrN3O3/c1-15(2)23(28-25(31)32-3)24(30)29-10-4-5-22(29)21-13-19(14-27-21)17-6-7-18-12-20(26)9-8-16(18)11-17/h6-9,11-12,14-15,22-23H,4-5,10,13H2,1-3H3,(H,28,31)/t22-,23-/m0/s1. The van der Waals surface area contributed by atoms with Gasteiger partial charge in [0.2, 0.25) is 5.91 Å². The molecule has 4 rings (SSSR count).